The smallest absolute Gasteiger partial charge is 0.128 e. The van der Waals surface area contributed by atoms with Crippen LogP contribution in [0.2, 0.25) is 0 Å². The molecule has 5 nitrogen and oxygen atoms in total. The first-order valence-corrected chi connectivity index (χ1v) is 7.77. The van der Waals surface area contributed by atoms with Crippen LogP contribution in [0, 0.1) is 6.92 Å². The van der Waals surface area contributed by atoms with Gasteiger partial charge in [0.2, 0.25) is 0 Å². The number of piperazine rings is 1. The molecular weight excluding hydrogens is 274 g/mol. The molecule has 3 heterocycles. The summed E-state index contributed by atoms with van der Waals surface area (Å²) in [6, 6.07) is 10.3. The molecule has 1 aliphatic heterocycles. The Labute approximate surface area is 132 Å². The number of nitrogens with one attached hydrogen (secondary N) is 1. The topological polar surface area (TPSA) is 44.3 Å². The molecule has 1 N–H and O–H groups in total. The number of aryl methyl sites for hydroxylation is 1. The van der Waals surface area contributed by atoms with E-state index in [1.807, 2.05) is 31.3 Å². The highest BCUT2D eigenvalue weighted by Gasteiger charge is 2.14. The van der Waals surface area contributed by atoms with Gasteiger partial charge in [0, 0.05) is 44.6 Å². The number of aromatic nitrogens is 2. The van der Waals surface area contributed by atoms with Crippen molar-refractivity contribution >= 4 is 11.6 Å². The van der Waals surface area contributed by atoms with Gasteiger partial charge in [0.25, 0.3) is 0 Å². The van der Waals surface area contributed by atoms with E-state index in [2.05, 4.69) is 44.3 Å². The van der Waals surface area contributed by atoms with Gasteiger partial charge < -0.3 is 15.1 Å². The average molecular weight is 297 g/mol. The normalized spacial score (nSPS) is 15.8. The van der Waals surface area contributed by atoms with Crippen LogP contribution in [0.5, 0.6) is 0 Å². The van der Waals surface area contributed by atoms with Gasteiger partial charge in [-0.1, -0.05) is 12.1 Å². The highest BCUT2D eigenvalue weighted by atomic mass is 15.3. The zero-order valence-electron chi connectivity index (χ0n) is 13.3. The van der Waals surface area contributed by atoms with Crippen LogP contribution in [0.15, 0.2) is 36.5 Å². The van der Waals surface area contributed by atoms with Crippen LogP contribution >= 0.6 is 0 Å². The highest BCUT2D eigenvalue weighted by molar-refractivity contribution is 5.41. The van der Waals surface area contributed by atoms with E-state index >= 15 is 0 Å². The third-order valence-corrected chi connectivity index (χ3v) is 4.00. The van der Waals surface area contributed by atoms with Crippen molar-refractivity contribution in [3.8, 4) is 0 Å². The molecule has 1 fully saturated rings. The maximum Gasteiger partial charge on any atom is 0.128 e. The Hall–Kier alpha value is -2.14. The summed E-state index contributed by atoms with van der Waals surface area (Å²) in [7, 11) is 2.17. The summed E-state index contributed by atoms with van der Waals surface area (Å²) in [5, 5.41) is 3.34. The molecule has 0 saturated carbocycles. The predicted octanol–water partition coefficient (Wildman–Crippen LogP) is 2.15. The zero-order chi connectivity index (χ0) is 15.4. The van der Waals surface area contributed by atoms with E-state index in [-0.39, 0.29) is 0 Å². The van der Waals surface area contributed by atoms with Crippen LogP contribution in [0.1, 0.15) is 11.3 Å². The van der Waals surface area contributed by atoms with Crippen LogP contribution in [0.4, 0.5) is 11.6 Å². The number of rotatable bonds is 4. The lowest BCUT2D eigenvalue weighted by molar-refractivity contribution is 0.312. The zero-order valence-corrected chi connectivity index (χ0v) is 13.3. The minimum Gasteiger partial charge on any atom is -0.366 e. The molecule has 0 spiro atoms. The summed E-state index contributed by atoms with van der Waals surface area (Å²) < 4.78 is 0. The van der Waals surface area contributed by atoms with Crippen molar-refractivity contribution < 1.29 is 0 Å². The Kier molecular flexibility index (Phi) is 4.53. The fourth-order valence-corrected chi connectivity index (χ4v) is 2.58. The first kappa shape index (κ1) is 14.8. The van der Waals surface area contributed by atoms with Crippen molar-refractivity contribution in [2.45, 2.75) is 13.5 Å². The molecule has 116 valence electrons. The second-order valence-corrected chi connectivity index (χ2v) is 5.83. The summed E-state index contributed by atoms with van der Waals surface area (Å²) in [6.45, 7) is 7.04. The van der Waals surface area contributed by atoms with Gasteiger partial charge in [0.05, 0.1) is 0 Å². The number of likely N-dealkylation sites (N-methyl/N-ethyl adjacent to an activating group) is 1. The number of hydrogen-bond donors (Lipinski definition) is 1. The first-order valence-electron chi connectivity index (χ1n) is 7.77. The van der Waals surface area contributed by atoms with Gasteiger partial charge in [0.1, 0.15) is 11.6 Å². The van der Waals surface area contributed by atoms with Gasteiger partial charge in [-0.2, -0.15) is 0 Å². The van der Waals surface area contributed by atoms with Gasteiger partial charge in [-0.05, 0) is 37.7 Å². The minimum absolute atomic E-state index is 0.743. The van der Waals surface area contributed by atoms with Crippen LogP contribution < -0.4 is 10.2 Å². The monoisotopic (exact) mass is 297 g/mol. The molecule has 3 rings (SSSR count). The highest BCUT2D eigenvalue weighted by Crippen LogP contribution is 2.14. The summed E-state index contributed by atoms with van der Waals surface area (Å²) in [5.74, 6) is 1.98. The van der Waals surface area contributed by atoms with Crippen LogP contribution in [0.25, 0.3) is 0 Å². The predicted molar refractivity (Wildman–Crippen MR) is 90.2 cm³/mol. The van der Waals surface area contributed by atoms with Gasteiger partial charge in [-0.25, -0.2) is 9.97 Å². The quantitative estimate of drug-likeness (QED) is 0.937. The summed E-state index contributed by atoms with van der Waals surface area (Å²) in [5.41, 5.74) is 2.19. The molecule has 0 aliphatic carbocycles. The molecule has 0 radical (unpaired) electrons. The fourth-order valence-electron chi connectivity index (χ4n) is 2.58. The molecule has 5 heteroatoms. The molecule has 22 heavy (non-hydrogen) atoms. The minimum atomic E-state index is 0.743. The van der Waals surface area contributed by atoms with E-state index in [9.17, 15) is 0 Å². The summed E-state index contributed by atoms with van der Waals surface area (Å²) in [4.78, 5) is 13.7. The second kappa shape index (κ2) is 6.75. The van der Waals surface area contributed by atoms with Crippen LogP contribution in [0.3, 0.4) is 0 Å². The van der Waals surface area contributed by atoms with Crippen molar-refractivity contribution in [2.75, 3.05) is 43.4 Å². The van der Waals surface area contributed by atoms with Gasteiger partial charge >= 0.3 is 0 Å². The average Bonchev–Trinajstić information content (AvgIpc) is 2.54. The maximum atomic E-state index is 4.60. The Morgan fingerprint density at radius 1 is 1.09 bits per heavy atom. The molecule has 0 aromatic carbocycles. The lowest BCUT2D eigenvalue weighted by Crippen LogP contribution is -2.44. The SMILES string of the molecule is Cc1cccc(NCc2ccc(N3CCN(C)CC3)nc2)n1. The molecule has 2 aromatic heterocycles. The first-order chi connectivity index (χ1) is 10.7. The van der Waals surface area contributed by atoms with E-state index < -0.39 is 0 Å². The largest absolute Gasteiger partial charge is 0.366 e. The van der Waals surface area contributed by atoms with E-state index in [1.165, 1.54) is 5.56 Å². The molecule has 0 amide bonds. The van der Waals surface area contributed by atoms with Crippen molar-refractivity contribution in [3.05, 3.63) is 47.8 Å². The Morgan fingerprint density at radius 2 is 1.91 bits per heavy atom. The number of nitrogens with zero attached hydrogens (tertiary/aromatic N) is 4. The summed E-state index contributed by atoms with van der Waals surface area (Å²) in [6.07, 6.45) is 1.95. The standard InChI is InChI=1S/C17H23N5/c1-14-4-3-5-16(20-14)18-12-15-6-7-17(19-13-15)22-10-8-21(2)9-11-22/h3-7,13H,8-12H2,1-2H3,(H,18,20). The maximum absolute atomic E-state index is 4.60. The lowest BCUT2D eigenvalue weighted by atomic mass is 10.2. The molecule has 0 unspecified atom stereocenters. The molecule has 2 aromatic rings. The van der Waals surface area contributed by atoms with Crippen LogP contribution in [-0.4, -0.2) is 48.1 Å². The van der Waals surface area contributed by atoms with Crippen molar-refractivity contribution in [1.82, 2.24) is 14.9 Å². The Bertz CT molecular complexity index is 603. The third-order valence-electron chi connectivity index (χ3n) is 4.00. The summed E-state index contributed by atoms with van der Waals surface area (Å²) >= 11 is 0. The lowest BCUT2D eigenvalue weighted by Gasteiger charge is -2.33. The number of anilines is 2. The van der Waals surface area contributed by atoms with Crippen LogP contribution in [-0.2, 0) is 6.54 Å². The van der Waals surface area contributed by atoms with Gasteiger partial charge in [-0.15, -0.1) is 0 Å². The molecule has 1 saturated heterocycles. The van der Waals surface area contributed by atoms with Crippen molar-refractivity contribution in [3.63, 3.8) is 0 Å². The van der Waals surface area contributed by atoms with Gasteiger partial charge in [-0.3, -0.25) is 0 Å². The van der Waals surface area contributed by atoms with E-state index in [0.29, 0.717) is 0 Å². The number of hydrogen-bond acceptors (Lipinski definition) is 5. The molecule has 0 bridgehead atoms. The Balaban J connectivity index is 1.57. The van der Waals surface area contributed by atoms with E-state index in [4.69, 9.17) is 0 Å². The Morgan fingerprint density at radius 3 is 2.59 bits per heavy atom. The molecule has 0 atom stereocenters. The van der Waals surface area contributed by atoms with Crippen molar-refractivity contribution in [2.24, 2.45) is 0 Å². The van der Waals surface area contributed by atoms with E-state index in [1.54, 1.807) is 0 Å². The molecule has 1 aliphatic rings. The molecular formula is C17H23N5. The third kappa shape index (κ3) is 3.74. The number of pyridine rings is 2. The van der Waals surface area contributed by atoms with Gasteiger partial charge in [0.15, 0.2) is 0 Å². The fraction of sp³-hybridized carbons (Fsp3) is 0.412. The van der Waals surface area contributed by atoms with Crippen molar-refractivity contribution in [1.29, 1.82) is 0 Å². The second-order valence-electron chi connectivity index (χ2n) is 5.83. The van der Waals surface area contributed by atoms with E-state index in [0.717, 1.165) is 50.1 Å².